The molecule has 0 amide bonds. The molecule has 1 fully saturated rings. The van der Waals surface area contributed by atoms with Crippen molar-refractivity contribution in [1.82, 2.24) is 0 Å². The minimum atomic E-state index is -5.29. The van der Waals surface area contributed by atoms with Gasteiger partial charge in [0.25, 0.3) is 10.1 Å². The van der Waals surface area contributed by atoms with Crippen molar-refractivity contribution in [2.45, 2.75) is 12.5 Å². The average Bonchev–Trinajstić information content (AvgIpc) is 2.27. The van der Waals surface area contributed by atoms with E-state index < -0.39 is 41.1 Å². The molecule has 0 saturated carbocycles. The number of hydrogen-bond donors (Lipinski definition) is 0. The van der Waals surface area contributed by atoms with Gasteiger partial charge in [-0.15, -0.1) is 13.2 Å². The van der Waals surface area contributed by atoms with Crippen LogP contribution in [0.3, 0.4) is 0 Å². The second-order valence-electron chi connectivity index (χ2n) is 2.55. The third-order valence-electron chi connectivity index (χ3n) is 1.26. The van der Waals surface area contributed by atoms with Gasteiger partial charge in [0.1, 0.15) is 12.4 Å². The maximum atomic E-state index is 11.6. The summed E-state index contributed by atoms with van der Waals surface area (Å²) in [6, 6.07) is 0. The van der Waals surface area contributed by atoms with Gasteiger partial charge in [0.05, 0.1) is 0 Å². The molecule has 0 bridgehead atoms. The van der Waals surface area contributed by atoms with Crippen LogP contribution in [0.15, 0.2) is 0 Å². The van der Waals surface area contributed by atoms with Crippen LogP contribution in [0.5, 0.6) is 0 Å². The van der Waals surface area contributed by atoms with Crippen molar-refractivity contribution in [3.8, 4) is 0 Å². The summed E-state index contributed by atoms with van der Waals surface area (Å²) in [7, 11) is -4.83. The Balaban J connectivity index is 2.54. The molecule has 1 unspecified atom stereocenters. The van der Waals surface area contributed by atoms with Gasteiger partial charge in [-0.2, -0.15) is 12.6 Å². The average molecular weight is 250 g/mol. The molecule has 1 aliphatic rings. The second-order valence-corrected chi connectivity index (χ2v) is 4.17. The predicted octanol–water partition coefficient (Wildman–Crippen LogP) is 0.388. The standard InChI is InChI=1S/C5H5F3O6S/c6-5(7,8)14-15(10,11)2-3-1-12-4(9)13-3/h3H,1-2H2. The number of hydrogen-bond acceptors (Lipinski definition) is 6. The van der Waals surface area contributed by atoms with Crippen LogP contribution in [0.25, 0.3) is 0 Å². The van der Waals surface area contributed by atoms with Gasteiger partial charge >= 0.3 is 12.5 Å². The molecule has 88 valence electrons. The van der Waals surface area contributed by atoms with E-state index in [1.807, 2.05) is 0 Å². The van der Waals surface area contributed by atoms with Crippen LogP contribution in [0.1, 0.15) is 0 Å². The van der Waals surface area contributed by atoms with Crippen LogP contribution >= 0.6 is 0 Å². The highest BCUT2D eigenvalue weighted by Crippen LogP contribution is 2.21. The molecule has 0 radical (unpaired) electrons. The Morgan fingerprint density at radius 2 is 2.07 bits per heavy atom. The first-order valence-corrected chi connectivity index (χ1v) is 5.09. The van der Waals surface area contributed by atoms with Crippen LogP contribution in [0.4, 0.5) is 18.0 Å². The summed E-state index contributed by atoms with van der Waals surface area (Å²) < 4.78 is 67.4. The molecule has 10 heteroatoms. The number of alkyl halides is 3. The van der Waals surface area contributed by atoms with Crippen LogP contribution < -0.4 is 0 Å². The van der Waals surface area contributed by atoms with Crippen molar-refractivity contribution in [3.63, 3.8) is 0 Å². The van der Waals surface area contributed by atoms with E-state index in [4.69, 9.17) is 0 Å². The van der Waals surface area contributed by atoms with Gasteiger partial charge in [0, 0.05) is 0 Å². The molecule has 0 aromatic heterocycles. The lowest BCUT2D eigenvalue weighted by Crippen LogP contribution is -2.29. The number of halogens is 3. The summed E-state index contributed by atoms with van der Waals surface area (Å²) in [6.45, 7) is -0.417. The second kappa shape index (κ2) is 3.85. The molecule has 0 aromatic rings. The fourth-order valence-electron chi connectivity index (χ4n) is 0.853. The molecular weight excluding hydrogens is 245 g/mol. The summed E-state index contributed by atoms with van der Waals surface area (Å²) in [4.78, 5) is 10.3. The maximum Gasteiger partial charge on any atom is 0.537 e. The van der Waals surface area contributed by atoms with E-state index in [0.717, 1.165) is 0 Å². The van der Waals surface area contributed by atoms with Gasteiger partial charge in [0.15, 0.2) is 6.10 Å². The van der Waals surface area contributed by atoms with Crippen molar-refractivity contribution >= 4 is 16.3 Å². The number of carbonyl (C=O) groups is 1. The Labute approximate surface area is 82.0 Å². The molecule has 15 heavy (non-hydrogen) atoms. The largest absolute Gasteiger partial charge is 0.537 e. The summed E-state index contributed by atoms with van der Waals surface area (Å²) in [5.74, 6) is -1.10. The smallest absolute Gasteiger partial charge is 0.430 e. The quantitative estimate of drug-likeness (QED) is 0.532. The lowest BCUT2D eigenvalue weighted by Gasteiger charge is -2.09. The number of carbonyl (C=O) groups excluding carboxylic acids is 1. The van der Waals surface area contributed by atoms with Crippen LogP contribution in [0, 0.1) is 0 Å². The first kappa shape index (κ1) is 12.0. The number of cyclic esters (lactones) is 2. The third-order valence-corrected chi connectivity index (χ3v) is 2.48. The molecule has 0 spiro atoms. The molecule has 1 aliphatic heterocycles. The molecule has 0 aromatic carbocycles. The Hall–Kier alpha value is -1.03. The molecule has 1 saturated heterocycles. The molecule has 1 rings (SSSR count). The highest BCUT2D eigenvalue weighted by Gasteiger charge is 2.40. The summed E-state index contributed by atoms with van der Waals surface area (Å²) >= 11 is 0. The molecule has 1 atom stereocenters. The summed E-state index contributed by atoms with van der Waals surface area (Å²) in [5.41, 5.74) is 0. The van der Waals surface area contributed by atoms with Crippen molar-refractivity contribution in [3.05, 3.63) is 0 Å². The normalized spacial score (nSPS) is 22.3. The maximum absolute atomic E-state index is 11.6. The summed E-state index contributed by atoms with van der Waals surface area (Å²) in [5, 5.41) is 0. The van der Waals surface area contributed by atoms with Gasteiger partial charge in [-0.1, -0.05) is 0 Å². The van der Waals surface area contributed by atoms with E-state index in [9.17, 15) is 26.4 Å². The minimum absolute atomic E-state index is 0.417. The lowest BCUT2D eigenvalue weighted by atomic mass is 10.4. The van der Waals surface area contributed by atoms with E-state index in [1.165, 1.54) is 0 Å². The minimum Gasteiger partial charge on any atom is -0.430 e. The topological polar surface area (TPSA) is 78.9 Å². The molecule has 0 N–H and O–H groups in total. The van der Waals surface area contributed by atoms with Gasteiger partial charge in [-0.25, -0.2) is 4.79 Å². The number of ether oxygens (including phenoxy) is 2. The van der Waals surface area contributed by atoms with Gasteiger partial charge in [0.2, 0.25) is 0 Å². The molecule has 0 aliphatic carbocycles. The van der Waals surface area contributed by atoms with E-state index in [2.05, 4.69) is 13.7 Å². The Bertz CT molecular complexity index is 346. The van der Waals surface area contributed by atoms with Crippen molar-refractivity contribution in [1.29, 1.82) is 0 Å². The van der Waals surface area contributed by atoms with E-state index >= 15 is 0 Å². The van der Waals surface area contributed by atoms with Crippen molar-refractivity contribution in [2.75, 3.05) is 12.4 Å². The van der Waals surface area contributed by atoms with E-state index in [0.29, 0.717) is 0 Å². The fraction of sp³-hybridized carbons (Fsp3) is 0.800. The van der Waals surface area contributed by atoms with Crippen LogP contribution in [0.2, 0.25) is 0 Å². The van der Waals surface area contributed by atoms with Crippen LogP contribution in [-0.4, -0.2) is 39.4 Å². The Morgan fingerprint density at radius 3 is 2.47 bits per heavy atom. The fourth-order valence-corrected chi connectivity index (χ4v) is 1.83. The summed E-state index contributed by atoms with van der Waals surface area (Å²) in [6.07, 6.45) is -7.69. The molecule has 6 nitrogen and oxygen atoms in total. The number of rotatable bonds is 3. The lowest BCUT2D eigenvalue weighted by molar-refractivity contribution is -0.272. The third kappa shape index (κ3) is 4.34. The van der Waals surface area contributed by atoms with Crippen LogP contribution in [-0.2, 0) is 23.8 Å². The van der Waals surface area contributed by atoms with E-state index in [1.54, 1.807) is 0 Å². The zero-order valence-electron chi connectivity index (χ0n) is 6.98. The molecule has 1 heterocycles. The highest BCUT2D eigenvalue weighted by atomic mass is 32.2. The predicted molar refractivity (Wildman–Crippen MR) is 37.1 cm³/mol. The van der Waals surface area contributed by atoms with Crippen molar-refractivity contribution < 1.29 is 40.0 Å². The zero-order chi connectivity index (χ0) is 11.7. The SMILES string of the molecule is O=C1OCC(CS(=O)(=O)OC(F)(F)F)O1. The van der Waals surface area contributed by atoms with Crippen molar-refractivity contribution in [2.24, 2.45) is 0 Å². The zero-order valence-corrected chi connectivity index (χ0v) is 7.80. The van der Waals surface area contributed by atoms with Gasteiger partial charge in [-0.3, -0.25) is 0 Å². The van der Waals surface area contributed by atoms with E-state index in [-0.39, 0.29) is 0 Å². The Morgan fingerprint density at radius 1 is 1.47 bits per heavy atom. The van der Waals surface area contributed by atoms with Gasteiger partial charge in [-0.05, 0) is 0 Å². The first-order chi connectivity index (χ1) is 6.68. The monoisotopic (exact) mass is 250 g/mol. The Kier molecular flexibility index (Phi) is 3.09. The highest BCUT2D eigenvalue weighted by molar-refractivity contribution is 7.86. The molecular formula is C5H5F3O6S. The first-order valence-electron chi connectivity index (χ1n) is 3.51. The van der Waals surface area contributed by atoms with Gasteiger partial charge < -0.3 is 9.47 Å².